The lowest BCUT2D eigenvalue weighted by atomic mass is 10.2. The van der Waals surface area contributed by atoms with Gasteiger partial charge in [0.2, 0.25) is 0 Å². The van der Waals surface area contributed by atoms with Crippen LogP contribution in [0.4, 0.5) is 10.5 Å². The Morgan fingerprint density at radius 2 is 1.83 bits per heavy atom. The Hall–Kier alpha value is -2.69. The number of carbonyl (C=O) groups is 1. The van der Waals surface area contributed by atoms with E-state index in [4.69, 9.17) is 4.74 Å². The molecule has 5 heteroatoms. The smallest absolute Gasteiger partial charge is 0.315 e. The molecule has 0 spiro atoms. The van der Waals surface area contributed by atoms with Crippen LogP contribution in [0.3, 0.4) is 0 Å². The van der Waals surface area contributed by atoms with E-state index in [9.17, 15) is 4.79 Å². The lowest BCUT2D eigenvalue weighted by molar-refractivity contribution is 0.236. The molecule has 2 N–H and O–H groups in total. The lowest BCUT2D eigenvalue weighted by Gasteiger charge is -2.13. The molecule has 2 amide bonds. The van der Waals surface area contributed by atoms with Gasteiger partial charge in [0.15, 0.2) is 0 Å². The molecule has 0 aliphatic carbocycles. The van der Waals surface area contributed by atoms with Crippen LogP contribution in [0.5, 0.6) is 5.75 Å². The van der Waals surface area contributed by atoms with Crippen molar-refractivity contribution in [2.75, 3.05) is 32.1 Å². The number of urea groups is 1. The molecule has 0 radical (unpaired) electrons. The van der Waals surface area contributed by atoms with E-state index < -0.39 is 0 Å². The SMILES string of the molecule is Cc1cccc(OCCNC(=O)NCc2ccc(N(C)C)cc2)c1. The summed E-state index contributed by atoms with van der Waals surface area (Å²) in [5.74, 6) is 0.818. The highest BCUT2D eigenvalue weighted by molar-refractivity contribution is 5.73. The largest absolute Gasteiger partial charge is 0.492 e. The standard InChI is InChI=1S/C19H25N3O2/c1-15-5-4-6-18(13-15)24-12-11-20-19(23)21-14-16-7-9-17(10-8-16)22(2)3/h4-10,13H,11-12,14H2,1-3H3,(H2,20,21,23). The number of aryl methyl sites for hydroxylation is 1. The van der Waals surface area contributed by atoms with Crippen LogP contribution in [-0.2, 0) is 6.54 Å². The second-order valence-electron chi connectivity index (χ2n) is 5.84. The van der Waals surface area contributed by atoms with Crippen LogP contribution in [0.1, 0.15) is 11.1 Å². The number of hydrogen-bond acceptors (Lipinski definition) is 3. The van der Waals surface area contributed by atoms with Gasteiger partial charge in [0.05, 0.1) is 6.54 Å². The number of anilines is 1. The number of rotatable bonds is 7. The van der Waals surface area contributed by atoms with Crippen molar-refractivity contribution in [2.24, 2.45) is 0 Å². The lowest BCUT2D eigenvalue weighted by Crippen LogP contribution is -2.37. The molecule has 2 rings (SSSR count). The van der Waals surface area contributed by atoms with Crippen molar-refractivity contribution in [3.8, 4) is 5.75 Å². The van der Waals surface area contributed by atoms with Gasteiger partial charge < -0.3 is 20.3 Å². The number of amides is 2. The van der Waals surface area contributed by atoms with Crippen molar-refractivity contribution in [3.05, 3.63) is 59.7 Å². The summed E-state index contributed by atoms with van der Waals surface area (Å²) in [6, 6.07) is 15.7. The minimum absolute atomic E-state index is 0.195. The first kappa shape index (κ1) is 17.7. The molecular formula is C19H25N3O2. The third kappa shape index (κ3) is 5.83. The summed E-state index contributed by atoms with van der Waals surface area (Å²) >= 11 is 0. The van der Waals surface area contributed by atoms with Crippen LogP contribution in [0.15, 0.2) is 48.5 Å². The van der Waals surface area contributed by atoms with Gasteiger partial charge in [0.25, 0.3) is 0 Å². The zero-order valence-electron chi connectivity index (χ0n) is 14.5. The fourth-order valence-corrected chi connectivity index (χ4v) is 2.20. The molecule has 0 fully saturated rings. The van der Waals surface area contributed by atoms with Crippen LogP contribution in [0.25, 0.3) is 0 Å². The summed E-state index contributed by atoms with van der Waals surface area (Å²) in [5, 5.41) is 5.62. The molecule has 0 heterocycles. The highest BCUT2D eigenvalue weighted by Gasteiger charge is 2.01. The van der Waals surface area contributed by atoms with Crippen molar-refractivity contribution < 1.29 is 9.53 Å². The van der Waals surface area contributed by atoms with Gasteiger partial charge >= 0.3 is 6.03 Å². The van der Waals surface area contributed by atoms with Crippen molar-refractivity contribution in [2.45, 2.75) is 13.5 Å². The quantitative estimate of drug-likeness (QED) is 0.769. The summed E-state index contributed by atoms with van der Waals surface area (Å²) < 4.78 is 5.59. The Kier molecular flexibility index (Phi) is 6.49. The molecule has 0 bridgehead atoms. The molecule has 5 nitrogen and oxygen atoms in total. The summed E-state index contributed by atoms with van der Waals surface area (Å²) in [5.41, 5.74) is 3.35. The number of benzene rings is 2. The third-order valence-corrected chi connectivity index (χ3v) is 3.55. The second-order valence-corrected chi connectivity index (χ2v) is 5.84. The minimum Gasteiger partial charge on any atom is -0.492 e. The molecule has 0 saturated carbocycles. The van der Waals surface area contributed by atoms with E-state index in [-0.39, 0.29) is 6.03 Å². The summed E-state index contributed by atoms with van der Waals surface area (Å²) in [6.07, 6.45) is 0. The van der Waals surface area contributed by atoms with Crippen LogP contribution in [-0.4, -0.2) is 33.3 Å². The summed E-state index contributed by atoms with van der Waals surface area (Å²) in [7, 11) is 4.00. The van der Waals surface area contributed by atoms with E-state index in [1.807, 2.05) is 74.4 Å². The number of nitrogens with zero attached hydrogens (tertiary/aromatic N) is 1. The van der Waals surface area contributed by atoms with Gasteiger partial charge in [-0.2, -0.15) is 0 Å². The van der Waals surface area contributed by atoms with Crippen molar-refractivity contribution >= 4 is 11.7 Å². The van der Waals surface area contributed by atoms with Crippen molar-refractivity contribution in [1.29, 1.82) is 0 Å². The van der Waals surface area contributed by atoms with Crippen molar-refractivity contribution in [3.63, 3.8) is 0 Å². The first-order valence-corrected chi connectivity index (χ1v) is 8.02. The molecule has 0 unspecified atom stereocenters. The summed E-state index contributed by atoms with van der Waals surface area (Å²) in [4.78, 5) is 13.8. The van der Waals surface area contributed by atoms with Gasteiger partial charge in [-0.15, -0.1) is 0 Å². The Morgan fingerprint density at radius 1 is 1.08 bits per heavy atom. The zero-order chi connectivity index (χ0) is 17.4. The fourth-order valence-electron chi connectivity index (χ4n) is 2.20. The van der Waals surface area contributed by atoms with Gasteiger partial charge in [-0.05, 0) is 42.3 Å². The Morgan fingerprint density at radius 3 is 2.50 bits per heavy atom. The number of nitrogens with one attached hydrogen (secondary N) is 2. The van der Waals surface area contributed by atoms with Crippen LogP contribution in [0, 0.1) is 6.92 Å². The van der Waals surface area contributed by atoms with E-state index >= 15 is 0 Å². The van der Waals surface area contributed by atoms with Gasteiger partial charge in [-0.1, -0.05) is 24.3 Å². The average molecular weight is 327 g/mol. The third-order valence-electron chi connectivity index (χ3n) is 3.55. The molecule has 0 aromatic heterocycles. The molecule has 0 saturated heterocycles. The minimum atomic E-state index is -0.195. The monoisotopic (exact) mass is 327 g/mol. The van der Waals surface area contributed by atoms with Crippen LogP contribution < -0.4 is 20.3 Å². The fraction of sp³-hybridized carbons (Fsp3) is 0.316. The Balaban J connectivity index is 1.64. The first-order chi connectivity index (χ1) is 11.5. The molecule has 24 heavy (non-hydrogen) atoms. The zero-order valence-corrected chi connectivity index (χ0v) is 14.5. The average Bonchev–Trinajstić information content (AvgIpc) is 2.57. The topological polar surface area (TPSA) is 53.6 Å². The Labute approximate surface area is 143 Å². The molecule has 2 aromatic carbocycles. The van der Waals surface area contributed by atoms with E-state index in [0.717, 1.165) is 22.6 Å². The van der Waals surface area contributed by atoms with Crippen molar-refractivity contribution in [1.82, 2.24) is 10.6 Å². The van der Waals surface area contributed by atoms with E-state index in [1.165, 1.54) is 0 Å². The van der Waals surface area contributed by atoms with E-state index in [1.54, 1.807) is 0 Å². The van der Waals surface area contributed by atoms with Gasteiger partial charge in [0.1, 0.15) is 12.4 Å². The molecular weight excluding hydrogens is 302 g/mol. The first-order valence-electron chi connectivity index (χ1n) is 8.02. The normalized spacial score (nSPS) is 10.1. The highest BCUT2D eigenvalue weighted by atomic mass is 16.5. The van der Waals surface area contributed by atoms with Gasteiger partial charge in [-0.25, -0.2) is 4.79 Å². The number of carbonyl (C=O) groups excluding carboxylic acids is 1. The molecule has 0 aliphatic rings. The maximum atomic E-state index is 11.8. The molecule has 0 aliphatic heterocycles. The molecule has 0 atom stereocenters. The maximum absolute atomic E-state index is 11.8. The van der Waals surface area contributed by atoms with E-state index in [0.29, 0.717) is 19.7 Å². The van der Waals surface area contributed by atoms with Gasteiger partial charge in [0, 0.05) is 26.3 Å². The highest BCUT2D eigenvalue weighted by Crippen LogP contribution is 2.12. The predicted octanol–water partition coefficient (Wildman–Crippen LogP) is 2.94. The predicted molar refractivity (Wildman–Crippen MR) is 97.7 cm³/mol. The molecule has 128 valence electrons. The van der Waals surface area contributed by atoms with Crippen LogP contribution in [0.2, 0.25) is 0 Å². The second kappa shape index (κ2) is 8.82. The Bertz CT molecular complexity index is 654. The number of hydrogen-bond donors (Lipinski definition) is 2. The molecule has 2 aromatic rings. The summed E-state index contributed by atoms with van der Waals surface area (Å²) in [6.45, 7) is 3.41. The van der Waals surface area contributed by atoms with Crippen LogP contribution >= 0.6 is 0 Å². The number of ether oxygens (including phenoxy) is 1. The maximum Gasteiger partial charge on any atom is 0.315 e. The van der Waals surface area contributed by atoms with Gasteiger partial charge in [-0.3, -0.25) is 0 Å². The van der Waals surface area contributed by atoms with E-state index in [2.05, 4.69) is 10.6 Å².